The lowest BCUT2D eigenvalue weighted by Crippen LogP contribution is -2.20. The molecule has 19 heavy (non-hydrogen) atoms. The Hall–Kier alpha value is -2.13. The fraction of sp³-hybridized carbons (Fsp3) is 0.100. The summed E-state index contributed by atoms with van der Waals surface area (Å²) >= 11 is 2.88. The highest BCUT2D eigenvalue weighted by Gasteiger charge is 2.10. The zero-order chi connectivity index (χ0) is 13.1. The van der Waals surface area contributed by atoms with Crippen molar-refractivity contribution in [2.24, 2.45) is 0 Å². The van der Waals surface area contributed by atoms with E-state index in [1.807, 2.05) is 17.5 Å². The molecule has 7 nitrogen and oxygen atoms in total. The molecule has 0 saturated heterocycles. The second-order valence-electron chi connectivity index (χ2n) is 3.51. The number of tetrazole rings is 1. The summed E-state index contributed by atoms with van der Waals surface area (Å²) in [6.07, 6.45) is 1.63. The van der Waals surface area contributed by atoms with E-state index in [2.05, 4.69) is 25.7 Å². The van der Waals surface area contributed by atoms with Gasteiger partial charge in [-0.2, -0.15) is 4.80 Å². The van der Waals surface area contributed by atoms with Crippen LogP contribution in [0.1, 0.15) is 0 Å². The summed E-state index contributed by atoms with van der Waals surface area (Å²) in [6, 6.07) is 3.82. The number of nitrogens with one attached hydrogen (secondary N) is 1. The average Bonchev–Trinajstić information content (AvgIpc) is 3.09. The molecule has 3 aromatic rings. The Bertz CT molecular complexity index is 660. The number of aromatic nitrogens is 5. The summed E-state index contributed by atoms with van der Waals surface area (Å²) in [5.74, 6) is 0.294. The smallest absolute Gasteiger partial charge is 0.249 e. The normalized spacial score (nSPS) is 10.5. The summed E-state index contributed by atoms with van der Waals surface area (Å²) in [5.41, 5.74) is 0. The van der Waals surface area contributed by atoms with E-state index in [4.69, 9.17) is 0 Å². The molecule has 0 radical (unpaired) electrons. The standard InChI is InChI=1S/C10H8N6OS2/c17-8(12-10-11-3-5-19-10)6-16-14-9(13-15-16)7-2-1-4-18-7/h1-5H,6H2,(H,11,12,17). The van der Waals surface area contributed by atoms with Crippen LogP contribution in [0.5, 0.6) is 0 Å². The van der Waals surface area contributed by atoms with Crippen molar-refractivity contribution in [1.29, 1.82) is 0 Å². The number of thiophene rings is 1. The van der Waals surface area contributed by atoms with E-state index in [-0.39, 0.29) is 12.5 Å². The van der Waals surface area contributed by atoms with Crippen molar-refractivity contribution in [2.75, 3.05) is 5.32 Å². The van der Waals surface area contributed by atoms with Gasteiger partial charge in [0.05, 0.1) is 4.88 Å². The molecule has 3 rings (SSSR count). The van der Waals surface area contributed by atoms with Crippen LogP contribution in [0.3, 0.4) is 0 Å². The molecule has 0 atom stereocenters. The molecule has 3 aromatic heterocycles. The van der Waals surface area contributed by atoms with Crippen LogP contribution in [0.4, 0.5) is 5.13 Å². The van der Waals surface area contributed by atoms with E-state index in [1.54, 1.807) is 11.6 Å². The maximum atomic E-state index is 11.7. The van der Waals surface area contributed by atoms with Crippen LogP contribution in [0.25, 0.3) is 10.7 Å². The van der Waals surface area contributed by atoms with Gasteiger partial charge < -0.3 is 5.32 Å². The first-order chi connectivity index (χ1) is 9.31. The van der Waals surface area contributed by atoms with Crippen molar-refractivity contribution >= 4 is 33.7 Å². The molecule has 0 aliphatic carbocycles. The van der Waals surface area contributed by atoms with Crippen LogP contribution >= 0.6 is 22.7 Å². The molecular weight excluding hydrogens is 284 g/mol. The van der Waals surface area contributed by atoms with Gasteiger partial charge in [-0.1, -0.05) is 6.07 Å². The molecule has 3 heterocycles. The van der Waals surface area contributed by atoms with Gasteiger partial charge in [0, 0.05) is 11.6 Å². The van der Waals surface area contributed by atoms with Gasteiger partial charge in [-0.3, -0.25) is 4.79 Å². The van der Waals surface area contributed by atoms with E-state index in [0.717, 1.165) is 4.88 Å². The van der Waals surface area contributed by atoms with E-state index in [9.17, 15) is 4.79 Å². The summed E-state index contributed by atoms with van der Waals surface area (Å²) in [4.78, 5) is 17.9. The zero-order valence-corrected chi connectivity index (χ0v) is 11.2. The van der Waals surface area contributed by atoms with Crippen LogP contribution in [-0.4, -0.2) is 31.1 Å². The van der Waals surface area contributed by atoms with Crippen molar-refractivity contribution in [2.45, 2.75) is 6.54 Å². The fourth-order valence-corrected chi connectivity index (χ4v) is 2.58. The van der Waals surface area contributed by atoms with Gasteiger partial charge in [-0.15, -0.1) is 32.9 Å². The zero-order valence-electron chi connectivity index (χ0n) is 9.55. The van der Waals surface area contributed by atoms with Gasteiger partial charge >= 0.3 is 0 Å². The number of carbonyl (C=O) groups is 1. The minimum absolute atomic E-state index is 0.0119. The van der Waals surface area contributed by atoms with E-state index in [0.29, 0.717) is 11.0 Å². The Morgan fingerprint density at radius 1 is 1.37 bits per heavy atom. The predicted molar refractivity (Wildman–Crippen MR) is 71.9 cm³/mol. The Kier molecular flexibility index (Phi) is 3.29. The van der Waals surface area contributed by atoms with Crippen molar-refractivity contribution in [3.05, 3.63) is 29.1 Å². The first-order valence-electron chi connectivity index (χ1n) is 5.32. The highest BCUT2D eigenvalue weighted by Crippen LogP contribution is 2.19. The molecule has 0 unspecified atom stereocenters. The average molecular weight is 292 g/mol. The second kappa shape index (κ2) is 5.24. The lowest BCUT2D eigenvalue weighted by Gasteiger charge is -1.99. The summed E-state index contributed by atoms with van der Waals surface area (Å²) in [7, 11) is 0. The van der Waals surface area contributed by atoms with Crippen LogP contribution in [0, 0.1) is 0 Å². The van der Waals surface area contributed by atoms with E-state index in [1.165, 1.54) is 27.5 Å². The summed E-state index contributed by atoms with van der Waals surface area (Å²) in [5, 5.41) is 18.8. The monoisotopic (exact) mass is 292 g/mol. The fourth-order valence-electron chi connectivity index (χ4n) is 1.39. The number of carbonyl (C=O) groups excluding carboxylic acids is 1. The highest BCUT2D eigenvalue weighted by molar-refractivity contribution is 7.13. The van der Waals surface area contributed by atoms with Gasteiger partial charge in [-0.05, 0) is 16.7 Å². The Morgan fingerprint density at radius 2 is 2.32 bits per heavy atom. The minimum Gasteiger partial charge on any atom is -0.300 e. The van der Waals surface area contributed by atoms with Crippen LogP contribution in [-0.2, 0) is 11.3 Å². The third kappa shape index (κ3) is 2.83. The van der Waals surface area contributed by atoms with Gasteiger partial charge in [0.2, 0.25) is 11.7 Å². The predicted octanol–water partition coefficient (Wildman–Crippen LogP) is 1.50. The number of thiazole rings is 1. The number of hydrogen-bond donors (Lipinski definition) is 1. The lowest BCUT2D eigenvalue weighted by molar-refractivity contribution is -0.117. The number of anilines is 1. The summed E-state index contributed by atoms with van der Waals surface area (Å²) in [6.45, 7) is 0.0119. The van der Waals surface area contributed by atoms with Crippen molar-refractivity contribution < 1.29 is 4.79 Å². The molecular formula is C10H8N6OS2. The number of rotatable bonds is 4. The molecule has 0 aliphatic rings. The number of amides is 1. The highest BCUT2D eigenvalue weighted by atomic mass is 32.1. The molecule has 0 spiro atoms. The van der Waals surface area contributed by atoms with Crippen LogP contribution in [0.2, 0.25) is 0 Å². The minimum atomic E-state index is -0.231. The van der Waals surface area contributed by atoms with Crippen molar-refractivity contribution in [3.8, 4) is 10.7 Å². The first-order valence-corrected chi connectivity index (χ1v) is 7.08. The molecule has 1 amide bonds. The van der Waals surface area contributed by atoms with Gasteiger partial charge in [-0.25, -0.2) is 4.98 Å². The van der Waals surface area contributed by atoms with Crippen LogP contribution < -0.4 is 5.32 Å². The molecule has 96 valence electrons. The molecule has 0 fully saturated rings. The Labute approximate surface area is 115 Å². The molecule has 0 saturated carbocycles. The third-order valence-corrected chi connectivity index (χ3v) is 3.71. The Morgan fingerprint density at radius 3 is 3.05 bits per heavy atom. The number of hydrogen-bond acceptors (Lipinski definition) is 7. The third-order valence-electron chi connectivity index (χ3n) is 2.16. The van der Waals surface area contributed by atoms with Crippen LogP contribution in [0.15, 0.2) is 29.1 Å². The number of nitrogens with zero attached hydrogens (tertiary/aromatic N) is 5. The molecule has 0 aliphatic heterocycles. The molecule has 9 heteroatoms. The molecule has 0 bridgehead atoms. The lowest BCUT2D eigenvalue weighted by atomic mass is 10.5. The SMILES string of the molecule is O=C(Cn1nnc(-c2cccs2)n1)Nc1nccs1. The van der Waals surface area contributed by atoms with E-state index < -0.39 is 0 Å². The van der Waals surface area contributed by atoms with Crippen molar-refractivity contribution in [1.82, 2.24) is 25.2 Å². The van der Waals surface area contributed by atoms with Gasteiger partial charge in [0.1, 0.15) is 6.54 Å². The maximum absolute atomic E-state index is 11.7. The maximum Gasteiger partial charge on any atom is 0.249 e. The molecule has 1 N–H and O–H groups in total. The topological polar surface area (TPSA) is 85.6 Å². The van der Waals surface area contributed by atoms with Gasteiger partial charge in [0.15, 0.2) is 5.13 Å². The Balaban J connectivity index is 1.65. The summed E-state index contributed by atoms with van der Waals surface area (Å²) < 4.78 is 0. The van der Waals surface area contributed by atoms with Gasteiger partial charge in [0.25, 0.3) is 0 Å². The second-order valence-corrected chi connectivity index (χ2v) is 5.35. The quantitative estimate of drug-likeness (QED) is 0.787. The van der Waals surface area contributed by atoms with Crippen molar-refractivity contribution in [3.63, 3.8) is 0 Å². The molecule has 0 aromatic carbocycles. The first kappa shape index (κ1) is 11.9. The van der Waals surface area contributed by atoms with E-state index >= 15 is 0 Å². The largest absolute Gasteiger partial charge is 0.300 e.